The van der Waals surface area contributed by atoms with Crippen LogP contribution in [0.2, 0.25) is 0 Å². The molecule has 1 rings (SSSR count). The average Bonchev–Trinajstić information content (AvgIpc) is 2.50. The molecule has 2 N–H and O–H groups in total. The maximum atomic E-state index is 11.6. The first-order valence-corrected chi connectivity index (χ1v) is 5.82. The van der Waals surface area contributed by atoms with Crippen molar-refractivity contribution in [3.8, 4) is 5.75 Å². The second-order valence-electron chi connectivity index (χ2n) is 4.89. The van der Waals surface area contributed by atoms with Crippen LogP contribution in [-0.2, 0) is 16.6 Å². The van der Waals surface area contributed by atoms with E-state index in [0.29, 0.717) is 11.4 Å². The van der Waals surface area contributed by atoms with Crippen LogP contribution in [0, 0.1) is 13.8 Å². The molecule has 106 valence electrons. The van der Waals surface area contributed by atoms with Crippen molar-refractivity contribution in [2.45, 2.75) is 33.2 Å². The average molecular weight is 269 g/mol. The smallest absolute Gasteiger partial charge is 0.328 e. The number of carboxylic acids is 1. The van der Waals surface area contributed by atoms with Crippen LogP contribution in [0.5, 0.6) is 5.75 Å². The Kier molecular flexibility index (Phi) is 4.18. The molecule has 1 amide bonds. The third-order valence-electron chi connectivity index (χ3n) is 2.78. The highest BCUT2D eigenvalue weighted by Gasteiger charge is 2.29. The second kappa shape index (κ2) is 5.29. The topological polar surface area (TPSA) is 93.5 Å². The molecule has 0 aromatic carbocycles. The molecule has 7 heteroatoms. The number of aryl methyl sites for hydroxylation is 2. The van der Waals surface area contributed by atoms with Crippen LogP contribution in [0.4, 0.5) is 0 Å². The third kappa shape index (κ3) is 3.46. The lowest BCUT2D eigenvalue weighted by Gasteiger charge is -2.20. The van der Waals surface area contributed by atoms with Crippen molar-refractivity contribution in [3.63, 3.8) is 0 Å². The number of nitrogens with one attached hydrogen (secondary N) is 1. The molecule has 0 unspecified atom stereocenters. The SMILES string of the molecule is Cc1nn(C)c(C)c1OCC(=O)NC(C)(C)C(=O)O. The summed E-state index contributed by atoms with van der Waals surface area (Å²) >= 11 is 0. The fourth-order valence-corrected chi connectivity index (χ4v) is 1.54. The molecule has 7 nitrogen and oxygen atoms in total. The fourth-order valence-electron chi connectivity index (χ4n) is 1.54. The summed E-state index contributed by atoms with van der Waals surface area (Å²) in [4.78, 5) is 22.5. The summed E-state index contributed by atoms with van der Waals surface area (Å²) in [7, 11) is 1.78. The highest BCUT2D eigenvalue weighted by Crippen LogP contribution is 2.21. The molecule has 0 radical (unpaired) electrons. The van der Waals surface area contributed by atoms with Gasteiger partial charge in [0.2, 0.25) is 0 Å². The molecular formula is C12H19N3O4. The molecule has 0 aliphatic carbocycles. The van der Waals surface area contributed by atoms with Gasteiger partial charge in [0.1, 0.15) is 11.2 Å². The number of aromatic nitrogens is 2. The first-order chi connectivity index (χ1) is 8.65. The summed E-state index contributed by atoms with van der Waals surface area (Å²) in [6, 6.07) is 0. The largest absolute Gasteiger partial charge is 0.480 e. The van der Waals surface area contributed by atoms with Crippen LogP contribution in [0.1, 0.15) is 25.2 Å². The van der Waals surface area contributed by atoms with Gasteiger partial charge in [-0.1, -0.05) is 0 Å². The minimum atomic E-state index is -1.32. The zero-order valence-electron chi connectivity index (χ0n) is 11.8. The van der Waals surface area contributed by atoms with Crippen molar-refractivity contribution in [2.75, 3.05) is 6.61 Å². The first kappa shape index (κ1) is 15.0. The molecule has 0 atom stereocenters. The van der Waals surface area contributed by atoms with Gasteiger partial charge in [0, 0.05) is 7.05 Å². The zero-order chi connectivity index (χ0) is 14.8. The summed E-state index contributed by atoms with van der Waals surface area (Å²) in [6.45, 7) is 6.18. The Balaban J connectivity index is 2.63. The van der Waals surface area contributed by atoms with Gasteiger partial charge in [0.25, 0.3) is 5.91 Å². The molecule has 0 saturated carbocycles. The lowest BCUT2D eigenvalue weighted by Crippen LogP contribution is -2.51. The quantitative estimate of drug-likeness (QED) is 0.806. The van der Waals surface area contributed by atoms with Crippen molar-refractivity contribution >= 4 is 11.9 Å². The fraction of sp³-hybridized carbons (Fsp3) is 0.583. The van der Waals surface area contributed by atoms with E-state index in [9.17, 15) is 9.59 Å². The van der Waals surface area contributed by atoms with E-state index in [-0.39, 0.29) is 6.61 Å². The first-order valence-electron chi connectivity index (χ1n) is 5.82. The van der Waals surface area contributed by atoms with Crippen LogP contribution in [0.15, 0.2) is 0 Å². The van der Waals surface area contributed by atoms with E-state index < -0.39 is 17.4 Å². The summed E-state index contributed by atoms with van der Waals surface area (Å²) in [6.07, 6.45) is 0. The molecule has 0 saturated heterocycles. The highest BCUT2D eigenvalue weighted by atomic mass is 16.5. The maximum absolute atomic E-state index is 11.6. The van der Waals surface area contributed by atoms with Gasteiger partial charge < -0.3 is 15.2 Å². The van der Waals surface area contributed by atoms with Gasteiger partial charge >= 0.3 is 5.97 Å². The maximum Gasteiger partial charge on any atom is 0.328 e. The van der Waals surface area contributed by atoms with Crippen molar-refractivity contribution in [2.24, 2.45) is 7.05 Å². The van der Waals surface area contributed by atoms with Crippen LogP contribution in [0.3, 0.4) is 0 Å². The van der Waals surface area contributed by atoms with Gasteiger partial charge in [-0.05, 0) is 27.7 Å². The molecule has 0 bridgehead atoms. The number of ether oxygens (including phenoxy) is 1. The van der Waals surface area contributed by atoms with Gasteiger partial charge in [-0.2, -0.15) is 5.10 Å². The van der Waals surface area contributed by atoms with E-state index >= 15 is 0 Å². The van der Waals surface area contributed by atoms with Crippen LogP contribution in [-0.4, -0.2) is 38.9 Å². The van der Waals surface area contributed by atoms with Gasteiger partial charge in [-0.3, -0.25) is 9.48 Å². The Hall–Kier alpha value is -2.05. The molecule has 0 fully saturated rings. The second-order valence-corrected chi connectivity index (χ2v) is 4.89. The van der Waals surface area contributed by atoms with Crippen LogP contribution >= 0.6 is 0 Å². The van der Waals surface area contributed by atoms with Crippen molar-refractivity contribution in [1.82, 2.24) is 15.1 Å². The van der Waals surface area contributed by atoms with Crippen LogP contribution < -0.4 is 10.1 Å². The van der Waals surface area contributed by atoms with Crippen molar-refractivity contribution in [3.05, 3.63) is 11.4 Å². The van der Waals surface area contributed by atoms with Gasteiger partial charge in [0.05, 0.1) is 5.69 Å². The number of carbonyl (C=O) groups is 2. The minimum absolute atomic E-state index is 0.246. The Bertz CT molecular complexity index is 505. The van der Waals surface area contributed by atoms with E-state index in [4.69, 9.17) is 9.84 Å². The predicted octanol–water partition coefficient (Wildman–Crippen LogP) is 0.395. The normalized spacial score (nSPS) is 11.2. The van der Waals surface area contributed by atoms with Gasteiger partial charge in [-0.15, -0.1) is 0 Å². The van der Waals surface area contributed by atoms with E-state index in [1.165, 1.54) is 13.8 Å². The van der Waals surface area contributed by atoms with E-state index in [2.05, 4.69) is 10.4 Å². The zero-order valence-corrected chi connectivity index (χ0v) is 11.8. The van der Waals surface area contributed by atoms with Crippen LogP contribution in [0.25, 0.3) is 0 Å². The summed E-state index contributed by atoms with van der Waals surface area (Å²) in [5.41, 5.74) is 0.174. The number of hydrogen-bond donors (Lipinski definition) is 2. The molecular weight excluding hydrogens is 250 g/mol. The Morgan fingerprint density at radius 3 is 2.42 bits per heavy atom. The van der Waals surface area contributed by atoms with E-state index in [1.807, 2.05) is 6.92 Å². The number of nitrogens with zero attached hydrogens (tertiary/aromatic N) is 2. The minimum Gasteiger partial charge on any atom is -0.480 e. The van der Waals surface area contributed by atoms with Crippen molar-refractivity contribution < 1.29 is 19.4 Å². The number of hydrogen-bond acceptors (Lipinski definition) is 4. The lowest BCUT2D eigenvalue weighted by molar-refractivity contribution is -0.146. The molecule has 0 spiro atoms. The monoisotopic (exact) mass is 269 g/mol. The molecule has 1 aromatic heterocycles. The lowest BCUT2D eigenvalue weighted by atomic mass is 10.1. The van der Waals surface area contributed by atoms with E-state index in [1.54, 1.807) is 18.7 Å². The number of carboxylic acid groups (broad SMARTS) is 1. The van der Waals surface area contributed by atoms with Crippen molar-refractivity contribution in [1.29, 1.82) is 0 Å². The predicted molar refractivity (Wildman–Crippen MR) is 68.0 cm³/mol. The number of carbonyl (C=O) groups excluding carboxylic acids is 1. The van der Waals surface area contributed by atoms with Gasteiger partial charge in [0.15, 0.2) is 12.4 Å². The summed E-state index contributed by atoms with van der Waals surface area (Å²) in [5.74, 6) is -1.05. The molecule has 0 aliphatic rings. The Morgan fingerprint density at radius 1 is 1.42 bits per heavy atom. The highest BCUT2D eigenvalue weighted by molar-refractivity contribution is 5.86. The molecule has 0 aliphatic heterocycles. The number of aliphatic carboxylic acids is 1. The Morgan fingerprint density at radius 2 is 2.00 bits per heavy atom. The summed E-state index contributed by atoms with van der Waals surface area (Å²) in [5, 5.41) is 15.4. The molecule has 1 heterocycles. The Labute approximate surface area is 111 Å². The van der Waals surface area contributed by atoms with E-state index in [0.717, 1.165) is 5.69 Å². The number of amides is 1. The standard InChI is InChI=1S/C12H19N3O4/c1-7-10(8(2)15(5)14-7)19-6-9(16)13-12(3,4)11(17)18/h6H2,1-5H3,(H,13,16)(H,17,18). The molecule has 1 aromatic rings. The number of rotatable bonds is 5. The summed E-state index contributed by atoms with van der Waals surface area (Å²) < 4.78 is 7.04. The molecule has 19 heavy (non-hydrogen) atoms. The third-order valence-corrected chi connectivity index (χ3v) is 2.78. The van der Waals surface area contributed by atoms with Gasteiger partial charge in [-0.25, -0.2) is 4.79 Å².